The number of sulfonamides is 1. The van der Waals surface area contributed by atoms with Gasteiger partial charge in [0.2, 0.25) is 10.0 Å². The van der Waals surface area contributed by atoms with Crippen LogP contribution >= 0.6 is 7.60 Å². The molecule has 1 rings (SSSR count). The third kappa shape index (κ3) is 10.1. The van der Waals surface area contributed by atoms with E-state index in [0.29, 0.717) is 17.7 Å². The largest absolute Gasteiger partial charge is 0.329 e. The number of nitrogens with one attached hydrogen (secondary N) is 1. The molecule has 6 nitrogen and oxygen atoms in total. The Morgan fingerprint density at radius 1 is 1.04 bits per heavy atom. The van der Waals surface area contributed by atoms with Crippen LogP contribution < -0.4 is 4.72 Å². The highest BCUT2D eigenvalue weighted by molar-refractivity contribution is 7.92. The number of hydrogen-bond acceptors (Lipinski definition) is 3. The van der Waals surface area contributed by atoms with E-state index in [4.69, 9.17) is 9.79 Å². The fraction of sp³-hybridized carbons (Fsp3) is 0.625. The molecule has 24 heavy (non-hydrogen) atoms. The molecule has 0 atom stereocenters. The first-order chi connectivity index (χ1) is 11.2. The molecule has 0 unspecified atom stereocenters. The van der Waals surface area contributed by atoms with E-state index < -0.39 is 23.8 Å². The molecule has 0 aliphatic rings. The van der Waals surface area contributed by atoms with Crippen molar-refractivity contribution in [3.8, 4) is 0 Å². The van der Waals surface area contributed by atoms with Gasteiger partial charge in [-0.1, -0.05) is 57.6 Å². The first-order valence-electron chi connectivity index (χ1n) is 8.36. The van der Waals surface area contributed by atoms with E-state index in [1.54, 1.807) is 18.2 Å². The van der Waals surface area contributed by atoms with Gasteiger partial charge in [-0.15, -0.1) is 0 Å². The van der Waals surface area contributed by atoms with E-state index in [1.165, 1.54) is 25.3 Å². The van der Waals surface area contributed by atoms with Crippen LogP contribution in [0.2, 0.25) is 0 Å². The minimum absolute atomic E-state index is 0.0590. The fourth-order valence-electron chi connectivity index (χ4n) is 2.45. The molecule has 138 valence electrons. The summed E-state index contributed by atoms with van der Waals surface area (Å²) in [6, 6.07) is 6.18. The maximum atomic E-state index is 12.1. The van der Waals surface area contributed by atoms with Gasteiger partial charge < -0.3 is 9.79 Å². The molecule has 0 saturated heterocycles. The normalized spacial score (nSPS) is 12.3. The van der Waals surface area contributed by atoms with Crippen LogP contribution in [-0.4, -0.2) is 24.0 Å². The lowest BCUT2D eigenvalue weighted by Gasteiger charge is -2.10. The van der Waals surface area contributed by atoms with E-state index in [-0.39, 0.29) is 5.75 Å². The zero-order valence-electron chi connectivity index (χ0n) is 14.1. The second-order valence-corrected chi connectivity index (χ2v) is 9.55. The van der Waals surface area contributed by atoms with Crippen LogP contribution in [0.5, 0.6) is 0 Å². The Balaban J connectivity index is 2.44. The second-order valence-electron chi connectivity index (χ2n) is 6.07. The standard InChI is InChI=1S/C16H28NO5PS/c1-2-3-4-5-6-7-8-12-24(21,22)17-16-11-9-10-15(13-16)14-23(18,19)20/h9-11,13,17H,2-8,12,14H2,1H3,(H2,18,19,20). The van der Waals surface area contributed by atoms with Gasteiger partial charge in [0.1, 0.15) is 0 Å². The maximum Gasteiger partial charge on any atom is 0.329 e. The van der Waals surface area contributed by atoms with Crippen LogP contribution in [0.4, 0.5) is 5.69 Å². The van der Waals surface area contributed by atoms with Crippen molar-refractivity contribution in [1.29, 1.82) is 0 Å². The predicted octanol–water partition coefficient (Wildman–Crippen LogP) is 3.86. The molecule has 0 amide bonds. The van der Waals surface area contributed by atoms with Gasteiger partial charge in [-0.3, -0.25) is 9.29 Å². The minimum Gasteiger partial charge on any atom is -0.324 e. The van der Waals surface area contributed by atoms with Gasteiger partial charge in [-0.25, -0.2) is 8.42 Å². The van der Waals surface area contributed by atoms with Gasteiger partial charge >= 0.3 is 7.60 Å². The fourth-order valence-corrected chi connectivity index (χ4v) is 4.30. The summed E-state index contributed by atoms with van der Waals surface area (Å²) >= 11 is 0. The Kier molecular flexibility index (Phi) is 8.98. The zero-order valence-corrected chi connectivity index (χ0v) is 15.9. The lowest BCUT2D eigenvalue weighted by Crippen LogP contribution is -2.16. The molecule has 3 N–H and O–H groups in total. The summed E-state index contributed by atoms with van der Waals surface area (Å²) < 4.78 is 37.6. The molecular weight excluding hydrogens is 349 g/mol. The molecule has 0 heterocycles. The maximum absolute atomic E-state index is 12.1. The van der Waals surface area contributed by atoms with Crippen LogP contribution in [0.25, 0.3) is 0 Å². The van der Waals surface area contributed by atoms with Crippen molar-refractivity contribution in [2.45, 2.75) is 58.0 Å². The summed E-state index contributed by atoms with van der Waals surface area (Å²) in [5.74, 6) is 0.0590. The molecule has 1 aromatic rings. The summed E-state index contributed by atoms with van der Waals surface area (Å²) in [6.45, 7) is 2.16. The Labute approximate surface area is 144 Å². The van der Waals surface area contributed by atoms with Crippen molar-refractivity contribution >= 4 is 23.3 Å². The van der Waals surface area contributed by atoms with Crippen LogP contribution in [-0.2, 0) is 20.8 Å². The summed E-state index contributed by atoms with van der Waals surface area (Å²) in [7, 11) is -7.61. The van der Waals surface area contributed by atoms with E-state index in [0.717, 1.165) is 19.3 Å². The third-order valence-electron chi connectivity index (χ3n) is 3.61. The van der Waals surface area contributed by atoms with Gasteiger partial charge in [0.15, 0.2) is 0 Å². The molecule has 0 bridgehead atoms. The lowest BCUT2D eigenvalue weighted by molar-refractivity contribution is 0.371. The van der Waals surface area contributed by atoms with Crippen molar-refractivity contribution in [3.05, 3.63) is 29.8 Å². The van der Waals surface area contributed by atoms with E-state index in [9.17, 15) is 13.0 Å². The zero-order chi connectivity index (χ0) is 18.1. The van der Waals surface area contributed by atoms with Crippen molar-refractivity contribution in [3.63, 3.8) is 0 Å². The monoisotopic (exact) mass is 377 g/mol. The highest BCUT2D eigenvalue weighted by atomic mass is 32.2. The first kappa shape index (κ1) is 21.2. The molecule has 0 saturated carbocycles. The Bertz CT molecular complexity index is 642. The Morgan fingerprint density at radius 3 is 2.29 bits per heavy atom. The number of anilines is 1. The number of benzene rings is 1. The van der Waals surface area contributed by atoms with Gasteiger partial charge in [-0.05, 0) is 24.1 Å². The summed E-state index contributed by atoms with van der Waals surface area (Å²) in [4.78, 5) is 18.0. The van der Waals surface area contributed by atoms with Gasteiger partial charge in [0, 0.05) is 5.69 Å². The smallest absolute Gasteiger partial charge is 0.324 e. The summed E-state index contributed by atoms with van der Waals surface area (Å²) in [5.41, 5.74) is 0.739. The highest BCUT2D eigenvalue weighted by Gasteiger charge is 2.15. The van der Waals surface area contributed by atoms with E-state index in [1.807, 2.05) is 0 Å². The van der Waals surface area contributed by atoms with Gasteiger partial charge in [0.05, 0.1) is 11.9 Å². The molecule has 0 fully saturated rings. The number of rotatable bonds is 12. The van der Waals surface area contributed by atoms with Crippen LogP contribution in [0.3, 0.4) is 0 Å². The van der Waals surface area contributed by atoms with E-state index in [2.05, 4.69) is 11.6 Å². The molecule has 0 aromatic heterocycles. The average Bonchev–Trinajstić information content (AvgIpc) is 2.44. The number of hydrogen-bond donors (Lipinski definition) is 3. The molecule has 0 radical (unpaired) electrons. The average molecular weight is 377 g/mol. The van der Waals surface area contributed by atoms with Crippen LogP contribution in [0.1, 0.15) is 57.4 Å². The molecular formula is C16H28NO5PS. The molecule has 8 heteroatoms. The summed E-state index contributed by atoms with van der Waals surface area (Å²) in [5, 5.41) is 0. The van der Waals surface area contributed by atoms with Crippen molar-refractivity contribution in [2.24, 2.45) is 0 Å². The van der Waals surface area contributed by atoms with Crippen LogP contribution in [0.15, 0.2) is 24.3 Å². The Hall–Kier alpha value is -0.880. The number of unbranched alkanes of at least 4 members (excludes halogenated alkanes) is 6. The molecule has 0 aliphatic heterocycles. The second kappa shape index (κ2) is 10.2. The minimum atomic E-state index is -4.17. The SMILES string of the molecule is CCCCCCCCCS(=O)(=O)Nc1cccc(CP(=O)(O)O)c1. The van der Waals surface area contributed by atoms with Crippen molar-refractivity contribution in [2.75, 3.05) is 10.5 Å². The van der Waals surface area contributed by atoms with Gasteiger partial charge in [0.25, 0.3) is 0 Å². The highest BCUT2D eigenvalue weighted by Crippen LogP contribution is 2.39. The lowest BCUT2D eigenvalue weighted by atomic mass is 10.1. The predicted molar refractivity (Wildman–Crippen MR) is 97.6 cm³/mol. The Morgan fingerprint density at radius 2 is 1.67 bits per heavy atom. The van der Waals surface area contributed by atoms with Crippen molar-refractivity contribution < 1.29 is 22.8 Å². The first-order valence-corrected chi connectivity index (χ1v) is 11.8. The van der Waals surface area contributed by atoms with E-state index >= 15 is 0 Å². The third-order valence-corrected chi connectivity index (χ3v) is 5.76. The molecule has 1 aromatic carbocycles. The van der Waals surface area contributed by atoms with Gasteiger partial charge in [-0.2, -0.15) is 0 Å². The van der Waals surface area contributed by atoms with Crippen LogP contribution in [0, 0.1) is 0 Å². The molecule has 0 spiro atoms. The topological polar surface area (TPSA) is 104 Å². The summed E-state index contributed by atoms with van der Waals surface area (Å²) in [6.07, 6.45) is 6.92. The van der Waals surface area contributed by atoms with Crippen molar-refractivity contribution in [1.82, 2.24) is 0 Å². The quantitative estimate of drug-likeness (QED) is 0.379. The molecule has 0 aliphatic carbocycles.